The molecule has 3 fully saturated rings. The fourth-order valence-electron chi connectivity index (χ4n) is 8.64. The molecule has 5 aliphatic rings. The number of hydrogen-bond donors (Lipinski definition) is 0. The summed E-state index contributed by atoms with van der Waals surface area (Å²) in [4.78, 5) is 27.6. The van der Waals surface area contributed by atoms with E-state index in [1.807, 2.05) is 21.9 Å². The van der Waals surface area contributed by atoms with Gasteiger partial charge in [-0.1, -0.05) is 36.4 Å². The van der Waals surface area contributed by atoms with E-state index >= 15 is 0 Å². The number of hydrogen-bond acceptors (Lipinski definition) is 7. The minimum Gasteiger partial charge on any atom is -0.461 e. The summed E-state index contributed by atoms with van der Waals surface area (Å²) in [5, 5.41) is 10.2. The predicted molar refractivity (Wildman–Crippen MR) is 168 cm³/mol. The fraction of sp³-hybridized carbons (Fsp3) is 0.529. The molecule has 1 aromatic heterocycles. The molecule has 3 aliphatic heterocycles. The first kappa shape index (κ1) is 31.0. The van der Waals surface area contributed by atoms with Gasteiger partial charge >= 0.3 is 6.01 Å². The molecule has 3 atom stereocenters. The fourth-order valence-corrected chi connectivity index (χ4v) is 8.96. The van der Waals surface area contributed by atoms with Crippen LogP contribution < -0.4 is 9.64 Å². The first-order valence-corrected chi connectivity index (χ1v) is 16.2. The Hall–Kier alpha value is -3.62. The predicted octanol–water partition coefficient (Wildman–Crippen LogP) is 5.64. The number of carbonyl (C=O) groups excluding carboxylic acids is 1. The molecule has 0 N–H and O–H groups in total. The second-order valence-corrected chi connectivity index (χ2v) is 13.9. The van der Waals surface area contributed by atoms with E-state index in [9.17, 15) is 23.2 Å². The van der Waals surface area contributed by atoms with Crippen molar-refractivity contribution >= 4 is 28.9 Å². The van der Waals surface area contributed by atoms with Crippen LogP contribution >= 0.6 is 11.6 Å². The minimum atomic E-state index is -2.77. The van der Waals surface area contributed by atoms with E-state index in [0.717, 1.165) is 40.8 Å². The van der Waals surface area contributed by atoms with E-state index in [0.29, 0.717) is 43.2 Å². The number of piperazine rings is 1. The van der Waals surface area contributed by atoms with Crippen molar-refractivity contribution in [2.75, 3.05) is 44.2 Å². The molecular weight excluding hydrogens is 617 g/mol. The summed E-state index contributed by atoms with van der Waals surface area (Å²) in [6.45, 7) is 6.45. The molecule has 242 valence electrons. The van der Waals surface area contributed by atoms with E-state index < -0.39 is 29.2 Å². The van der Waals surface area contributed by atoms with Crippen LogP contribution in [0.25, 0.3) is 5.57 Å². The van der Waals surface area contributed by atoms with Crippen LogP contribution in [0.1, 0.15) is 61.4 Å². The lowest BCUT2D eigenvalue weighted by Gasteiger charge is -2.42. The lowest BCUT2D eigenvalue weighted by molar-refractivity contribution is -0.131. The normalized spacial score (nSPS) is 28.0. The number of amides is 1. The summed E-state index contributed by atoms with van der Waals surface area (Å²) in [5.41, 5.74) is 4.02. The van der Waals surface area contributed by atoms with Gasteiger partial charge in [-0.2, -0.15) is 15.2 Å². The number of allylic oxidation sites excluding steroid dienone is 2. The third kappa shape index (κ3) is 5.14. The van der Waals surface area contributed by atoms with Crippen molar-refractivity contribution in [3.63, 3.8) is 0 Å². The molecular formula is C34H36ClF3N6O2. The number of anilines is 1. The molecule has 0 radical (unpaired) electrons. The van der Waals surface area contributed by atoms with Crippen LogP contribution in [-0.4, -0.2) is 82.5 Å². The zero-order valence-electron chi connectivity index (χ0n) is 25.8. The van der Waals surface area contributed by atoms with Crippen LogP contribution in [-0.2, 0) is 23.1 Å². The average Bonchev–Trinajstić information content (AvgIpc) is 3.60. The van der Waals surface area contributed by atoms with Crippen molar-refractivity contribution in [2.45, 2.75) is 74.8 Å². The molecule has 46 heavy (non-hydrogen) atoms. The summed E-state index contributed by atoms with van der Waals surface area (Å²) in [5.74, 6) is -4.00. The van der Waals surface area contributed by atoms with Gasteiger partial charge in [-0.25, -0.2) is 13.2 Å². The number of rotatable bonds is 6. The number of aromatic nitrogens is 2. The van der Waals surface area contributed by atoms with Gasteiger partial charge in [-0.15, -0.1) is 0 Å². The van der Waals surface area contributed by atoms with Crippen LogP contribution in [0.15, 0.2) is 36.7 Å². The molecule has 8 nitrogen and oxygen atoms in total. The van der Waals surface area contributed by atoms with Crippen molar-refractivity contribution in [1.29, 1.82) is 5.26 Å². The zero-order chi connectivity index (χ0) is 32.4. The number of benzene rings is 1. The average molecular weight is 653 g/mol. The molecule has 0 bridgehead atoms. The molecule has 7 rings (SSSR count). The summed E-state index contributed by atoms with van der Waals surface area (Å²) < 4.78 is 49.2. The Balaban J connectivity index is 1.25. The summed E-state index contributed by atoms with van der Waals surface area (Å²) in [6, 6.07) is 7.67. The Morgan fingerprint density at radius 1 is 1.24 bits per heavy atom. The van der Waals surface area contributed by atoms with Crippen molar-refractivity contribution < 1.29 is 22.7 Å². The van der Waals surface area contributed by atoms with Gasteiger partial charge in [-0.3, -0.25) is 9.69 Å². The Bertz CT molecular complexity index is 1690. The summed E-state index contributed by atoms with van der Waals surface area (Å²) >= 11 is 6.65. The number of halogens is 4. The Kier molecular flexibility index (Phi) is 7.59. The van der Waals surface area contributed by atoms with Gasteiger partial charge in [0, 0.05) is 48.5 Å². The number of ether oxygens (including phenoxy) is 1. The highest BCUT2D eigenvalue weighted by molar-refractivity contribution is 6.32. The Labute approximate surface area is 271 Å². The SMILES string of the molecule is C=C(F)C(=O)N1CCN(c2nc(OCC34CCCN3CC(F)(F)C4)nc3c2CC[C@@]2(C=C(C)c4c(Cl)cccc42)C3)C[C@@H]1CC#N. The number of carbonyl (C=O) groups is 1. The highest BCUT2D eigenvalue weighted by atomic mass is 35.5. The highest BCUT2D eigenvalue weighted by Gasteiger charge is 2.57. The van der Waals surface area contributed by atoms with Gasteiger partial charge in [0.25, 0.3) is 11.8 Å². The summed E-state index contributed by atoms with van der Waals surface area (Å²) in [7, 11) is 0. The van der Waals surface area contributed by atoms with Crippen LogP contribution in [0.5, 0.6) is 6.01 Å². The molecule has 0 saturated carbocycles. The van der Waals surface area contributed by atoms with E-state index in [4.69, 9.17) is 26.3 Å². The van der Waals surface area contributed by atoms with E-state index in [-0.39, 0.29) is 50.5 Å². The Morgan fingerprint density at radius 3 is 2.85 bits per heavy atom. The minimum absolute atomic E-state index is 0.0173. The number of nitriles is 1. The molecule has 3 saturated heterocycles. The first-order chi connectivity index (χ1) is 21.9. The maximum Gasteiger partial charge on any atom is 0.318 e. The van der Waals surface area contributed by atoms with Crippen LogP contribution in [0.3, 0.4) is 0 Å². The lowest BCUT2D eigenvalue weighted by atomic mass is 9.70. The molecule has 4 heterocycles. The molecule has 2 aliphatic carbocycles. The third-order valence-electron chi connectivity index (χ3n) is 10.6. The maximum atomic E-state index is 14.5. The molecule has 2 aromatic rings. The van der Waals surface area contributed by atoms with Gasteiger partial charge in [0.2, 0.25) is 0 Å². The number of alkyl halides is 2. The maximum absolute atomic E-state index is 14.5. The molecule has 1 aromatic carbocycles. The smallest absolute Gasteiger partial charge is 0.318 e. The van der Waals surface area contributed by atoms with Crippen LogP contribution in [0, 0.1) is 11.3 Å². The van der Waals surface area contributed by atoms with Crippen LogP contribution in [0.4, 0.5) is 19.0 Å². The lowest BCUT2D eigenvalue weighted by Crippen LogP contribution is -2.55. The molecule has 1 spiro atoms. The van der Waals surface area contributed by atoms with Crippen molar-refractivity contribution in [1.82, 2.24) is 19.8 Å². The van der Waals surface area contributed by atoms with Crippen molar-refractivity contribution in [3.8, 4) is 12.1 Å². The van der Waals surface area contributed by atoms with Gasteiger partial charge in [0.1, 0.15) is 12.4 Å². The van der Waals surface area contributed by atoms with Crippen LogP contribution in [0.2, 0.25) is 5.02 Å². The quantitative estimate of drug-likeness (QED) is 0.374. The Morgan fingerprint density at radius 2 is 2.07 bits per heavy atom. The second kappa shape index (κ2) is 11.3. The monoisotopic (exact) mass is 652 g/mol. The van der Waals surface area contributed by atoms with Crippen molar-refractivity contribution in [2.24, 2.45) is 0 Å². The zero-order valence-corrected chi connectivity index (χ0v) is 26.6. The van der Waals surface area contributed by atoms with E-state index in [1.54, 1.807) is 0 Å². The number of nitrogens with zero attached hydrogens (tertiary/aromatic N) is 6. The highest BCUT2D eigenvalue weighted by Crippen LogP contribution is 2.51. The summed E-state index contributed by atoms with van der Waals surface area (Å²) in [6.07, 6.45) is 5.54. The van der Waals surface area contributed by atoms with Gasteiger partial charge in [0.05, 0.1) is 36.3 Å². The van der Waals surface area contributed by atoms with E-state index in [1.165, 1.54) is 4.90 Å². The van der Waals surface area contributed by atoms with Gasteiger partial charge in [-0.05, 0) is 61.9 Å². The molecule has 1 amide bonds. The topological polar surface area (TPSA) is 85.6 Å². The molecule has 1 unspecified atom stereocenters. The second-order valence-electron chi connectivity index (χ2n) is 13.5. The van der Waals surface area contributed by atoms with Crippen molar-refractivity contribution in [3.05, 3.63) is 64.1 Å². The largest absolute Gasteiger partial charge is 0.461 e. The molecule has 12 heteroatoms. The third-order valence-corrected chi connectivity index (χ3v) is 10.9. The first-order valence-electron chi connectivity index (χ1n) is 15.9. The number of fused-ring (bicyclic) bond motifs is 4. The van der Waals surface area contributed by atoms with Gasteiger partial charge < -0.3 is 14.5 Å². The van der Waals surface area contributed by atoms with Gasteiger partial charge in [0.15, 0.2) is 5.83 Å². The standard InChI is InChI=1S/C34H36ClF3N6O2/c1-21-15-32(25-5-3-6-26(35)28(21)25)10-7-24-27(16-32)40-31(46-20-33-9-4-12-43(33)19-34(37,38)18-33)41-29(24)42-13-14-44(30(45)22(2)36)23(17-42)8-11-39/h3,5-6,15,23H,2,4,7-10,12-14,16-20H2,1H3/t23-,32+,33?/m0/s1. The van der Waals surface area contributed by atoms with E-state index in [2.05, 4.69) is 31.7 Å².